The first-order valence-electron chi connectivity index (χ1n) is 6.68. The zero-order valence-electron chi connectivity index (χ0n) is 13.3. The molecule has 0 spiro atoms. The van der Waals surface area contributed by atoms with Crippen LogP contribution in [-0.4, -0.2) is 45.2 Å². The van der Waals surface area contributed by atoms with E-state index in [-0.39, 0.29) is 6.10 Å². The van der Waals surface area contributed by atoms with Crippen LogP contribution in [0.2, 0.25) is 0 Å². The second kappa shape index (κ2) is 4.63. The number of aliphatic hydroxyl groups is 1. The minimum atomic E-state index is -1.07. The fourth-order valence-corrected chi connectivity index (χ4v) is 2.66. The third-order valence-electron chi connectivity index (χ3n) is 3.09. The largest absolute Gasteiger partial charge is 0.444 e. The molecule has 112 valence electrons. The fraction of sp³-hybridized carbons (Fsp3) is 0.929. The van der Waals surface area contributed by atoms with Crippen LogP contribution in [0.3, 0.4) is 0 Å². The Morgan fingerprint density at radius 3 is 2.11 bits per heavy atom. The van der Waals surface area contributed by atoms with E-state index < -0.39 is 29.1 Å². The average molecular weight is 273 g/mol. The molecule has 2 atom stereocenters. The Morgan fingerprint density at radius 2 is 1.74 bits per heavy atom. The zero-order valence-corrected chi connectivity index (χ0v) is 13.3. The van der Waals surface area contributed by atoms with Gasteiger partial charge in [-0.25, -0.2) is 4.79 Å². The molecule has 0 aromatic carbocycles. The Kier molecular flexibility index (Phi) is 3.96. The molecule has 0 aromatic rings. The summed E-state index contributed by atoms with van der Waals surface area (Å²) in [5, 5.41) is 10.3. The van der Waals surface area contributed by atoms with E-state index in [0.29, 0.717) is 0 Å². The van der Waals surface area contributed by atoms with Crippen molar-refractivity contribution in [2.45, 2.75) is 84.5 Å². The standard InChI is InChI=1S/C14H27NO4/c1-9-10(13(5,6)17)15(14(7,8)18-9)11(16)19-12(2,3)4/h9-10,17H,1-8H3/t9-,10+/m1/s1. The molecule has 0 unspecified atom stereocenters. The highest BCUT2D eigenvalue weighted by Gasteiger charge is 2.54. The maximum Gasteiger partial charge on any atom is 0.413 e. The van der Waals surface area contributed by atoms with E-state index >= 15 is 0 Å². The van der Waals surface area contributed by atoms with E-state index in [9.17, 15) is 9.90 Å². The Morgan fingerprint density at radius 1 is 1.26 bits per heavy atom. The summed E-state index contributed by atoms with van der Waals surface area (Å²) >= 11 is 0. The number of carbonyl (C=O) groups is 1. The predicted molar refractivity (Wildman–Crippen MR) is 72.8 cm³/mol. The second-order valence-electron chi connectivity index (χ2n) is 7.22. The van der Waals surface area contributed by atoms with Crippen LogP contribution in [0, 0.1) is 0 Å². The molecule has 1 N–H and O–H groups in total. The molecule has 0 aromatic heterocycles. The monoisotopic (exact) mass is 273 g/mol. The molecule has 1 fully saturated rings. The van der Waals surface area contributed by atoms with Crippen molar-refractivity contribution in [1.29, 1.82) is 0 Å². The molecule has 0 aliphatic carbocycles. The van der Waals surface area contributed by atoms with Crippen LogP contribution in [0.5, 0.6) is 0 Å². The topological polar surface area (TPSA) is 59.0 Å². The number of nitrogens with zero attached hydrogens (tertiary/aromatic N) is 1. The van der Waals surface area contributed by atoms with Crippen molar-refractivity contribution < 1.29 is 19.4 Å². The van der Waals surface area contributed by atoms with E-state index in [4.69, 9.17) is 9.47 Å². The van der Waals surface area contributed by atoms with Crippen LogP contribution in [0.4, 0.5) is 4.79 Å². The number of hydrogen-bond donors (Lipinski definition) is 1. The third kappa shape index (κ3) is 3.60. The van der Waals surface area contributed by atoms with Gasteiger partial charge >= 0.3 is 6.09 Å². The highest BCUT2D eigenvalue weighted by atomic mass is 16.6. The molecule has 1 amide bonds. The molecule has 0 radical (unpaired) electrons. The fourth-order valence-electron chi connectivity index (χ4n) is 2.66. The molecule has 5 nitrogen and oxygen atoms in total. The first-order valence-corrected chi connectivity index (χ1v) is 6.68. The summed E-state index contributed by atoms with van der Waals surface area (Å²) < 4.78 is 11.2. The smallest absolute Gasteiger partial charge is 0.413 e. The van der Waals surface area contributed by atoms with Crippen LogP contribution in [0.1, 0.15) is 55.4 Å². The highest BCUT2D eigenvalue weighted by molar-refractivity contribution is 5.70. The van der Waals surface area contributed by atoms with Gasteiger partial charge in [0.05, 0.1) is 17.7 Å². The van der Waals surface area contributed by atoms with Crippen molar-refractivity contribution in [2.24, 2.45) is 0 Å². The van der Waals surface area contributed by atoms with Gasteiger partial charge in [0.1, 0.15) is 11.3 Å². The van der Waals surface area contributed by atoms with E-state index in [1.165, 1.54) is 4.90 Å². The number of rotatable bonds is 1. The number of carbonyl (C=O) groups excluding carboxylic acids is 1. The lowest BCUT2D eigenvalue weighted by Crippen LogP contribution is -2.57. The van der Waals surface area contributed by atoms with Crippen molar-refractivity contribution in [3.05, 3.63) is 0 Å². The van der Waals surface area contributed by atoms with Crippen molar-refractivity contribution in [1.82, 2.24) is 4.90 Å². The molecular formula is C14H27NO4. The maximum atomic E-state index is 12.4. The normalized spacial score (nSPS) is 27.5. The average Bonchev–Trinajstić information content (AvgIpc) is 2.30. The molecule has 1 aliphatic rings. The SMILES string of the molecule is C[C@H]1OC(C)(C)N(C(=O)OC(C)(C)C)[C@@H]1C(C)(C)O. The number of ether oxygens (including phenoxy) is 2. The lowest BCUT2D eigenvalue weighted by molar-refractivity contribution is -0.0809. The highest BCUT2D eigenvalue weighted by Crippen LogP contribution is 2.38. The maximum absolute atomic E-state index is 12.4. The molecule has 1 aliphatic heterocycles. The van der Waals surface area contributed by atoms with Gasteiger partial charge in [0.2, 0.25) is 0 Å². The summed E-state index contributed by atoms with van der Waals surface area (Å²) in [5.41, 5.74) is -2.44. The summed E-state index contributed by atoms with van der Waals surface area (Å²) in [6.07, 6.45) is -0.725. The van der Waals surface area contributed by atoms with Crippen LogP contribution in [-0.2, 0) is 9.47 Å². The summed E-state index contributed by atoms with van der Waals surface area (Å²) in [6, 6.07) is -0.447. The molecule has 1 saturated heterocycles. The van der Waals surface area contributed by atoms with Gasteiger partial charge < -0.3 is 14.6 Å². The summed E-state index contributed by atoms with van der Waals surface area (Å²) in [4.78, 5) is 13.9. The quantitative estimate of drug-likeness (QED) is 0.797. The lowest BCUT2D eigenvalue weighted by Gasteiger charge is -2.39. The first-order chi connectivity index (χ1) is 8.26. The van der Waals surface area contributed by atoms with Crippen molar-refractivity contribution in [2.75, 3.05) is 0 Å². The van der Waals surface area contributed by atoms with Gasteiger partial charge in [-0.15, -0.1) is 0 Å². The molecule has 19 heavy (non-hydrogen) atoms. The Bertz CT molecular complexity index is 351. The van der Waals surface area contributed by atoms with Gasteiger partial charge in [-0.1, -0.05) is 0 Å². The van der Waals surface area contributed by atoms with Gasteiger partial charge in [0, 0.05) is 0 Å². The van der Waals surface area contributed by atoms with Crippen molar-refractivity contribution >= 4 is 6.09 Å². The van der Waals surface area contributed by atoms with Gasteiger partial charge in [-0.3, -0.25) is 4.90 Å². The molecule has 5 heteroatoms. The molecule has 1 heterocycles. The van der Waals surface area contributed by atoms with Crippen molar-refractivity contribution in [3.8, 4) is 0 Å². The molecule has 1 rings (SSSR count). The minimum Gasteiger partial charge on any atom is -0.444 e. The number of hydrogen-bond acceptors (Lipinski definition) is 4. The summed E-state index contributed by atoms with van der Waals surface area (Å²) in [7, 11) is 0. The van der Waals surface area contributed by atoms with Gasteiger partial charge in [0.15, 0.2) is 0 Å². The van der Waals surface area contributed by atoms with E-state index in [0.717, 1.165) is 0 Å². The Balaban J connectivity index is 3.08. The van der Waals surface area contributed by atoms with Crippen LogP contribution in [0.25, 0.3) is 0 Å². The molecular weight excluding hydrogens is 246 g/mol. The second-order valence-corrected chi connectivity index (χ2v) is 7.22. The molecule has 0 saturated carbocycles. The van der Waals surface area contributed by atoms with Crippen LogP contribution < -0.4 is 0 Å². The first kappa shape index (κ1) is 16.2. The Labute approximate surface area is 115 Å². The third-order valence-corrected chi connectivity index (χ3v) is 3.09. The van der Waals surface area contributed by atoms with Crippen LogP contribution >= 0.6 is 0 Å². The van der Waals surface area contributed by atoms with Crippen LogP contribution in [0.15, 0.2) is 0 Å². The predicted octanol–water partition coefficient (Wildman–Crippen LogP) is 2.52. The lowest BCUT2D eigenvalue weighted by atomic mass is 9.93. The van der Waals surface area contributed by atoms with E-state index in [1.54, 1.807) is 27.7 Å². The minimum absolute atomic E-state index is 0.262. The Hall–Kier alpha value is -0.810. The van der Waals surface area contributed by atoms with Crippen molar-refractivity contribution in [3.63, 3.8) is 0 Å². The van der Waals surface area contributed by atoms with E-state index in [2.05, 4.69) is 0 Å². The van der Waals surface area contributed by atoms with E-state index in [1.807, 2.05) is 27.7 Å². The summed E-state index contributed by atoms with van der Waals surface area (Å²) in [5.74, 6) is 0. The number of amides is 1. The zero-order chi connectivity index (χ0) is 15.2. The van der Waals surface area contributed by atoms with Gasteiger partial charge in [-0.2, -0.15) is 0 Å². The van der Waals surface area contributed by atoms with Gasteiger partial charge in [-0.05, 0) is 55.4 Å². The molecule has 0 bridgehead atoms. The van der Waals surface area contributed by atoms with Gasteiger partial charge in [0.25, 0.3) is 0 Å². The summed E-state index contributed by atoms with van der Waals surface area (Å²) in [6.45, 7) is 14.3.